The molecule has 10 nitrogen and oxygen atoms in total. The van der Waals surface area contributed by atoms with Gasteiger partial charge >= 0.3 is 5.69 Å². The first-order valence-electron chi connectivity index (χ1n) is 11.1. The van der Waals surface area contributed by atoms with Crippen LogP contribution in [0.1, 0.15) is 24.8 Å². The van der Waals surface area contributed by atoms with E-state index in [4.69, 9.17) is 4.74 Å². The predicted octanol–water partition coefficient (Wildman–Crippen LogP) is 0.762. The van der Waals surface area contributed by atoms with Gasteiger partial charge in [0.15, 0.2) is 0 Å². The molecule has 5 rings (SSSR count). The van der Waals surface area contributed by atoms with Gasteiger partial charge in [0, 0.05) is 37.9 Å². The summed E-state index contributed by atoms with van der Waals surface area (Å²) in [5.74, 6) is 0.106. The van der Waals surface area contributed by atoms with Crippen LogP contribution in [0.5, 0.6) is 0 Å². The number of ether oxygens (including phenoxy) is 1. The van der Waals surface area contributed by atoms with E-state index in [1.807, 2.05) is 0 Å². The molecule has 3 aromatic rings. The highest BCUT2D eigenvalue weighted by molar-refractivity contribution is 7.89. The fourth-order valence-corrected chi connectivity index (χ4v) is 5.83. The highest BCUT2D eigenvalue weighted by Gasteiger charge is 2.46. The number of aromatic nitrogens is 4. The Balaban J connectivity index is 1.64. The lowest BCUT2D eigenvalue weighted by Gasteiger charge is -2.18. The molecule has 0 radical (unpaired) electrons. The van der Waals surface area contributed by atoms with Gasteiger partial charge in [0.2, 0.25) is 10.0 Å². The zero-order valence-electron chi connectivity index (χ0n) is 18.7. The fourth-order valence-electron chi connectivity index (χ4n) is 4.37. The minimum absolute atomic E-state index is 0.00278. The minimum atomic E-state index is -4.05. The molecule has 2 fully saturated rings. The van der Waals surface area contributed by atoms with Crippen LogP contribution in [-0.4, -0.2) is 52.8 Å². The normalized spacial score (nSPS) is 19.6. The first-order valence-corrected chi connectivity index (χ1v) is 12.6. The van der Waals surface area contributed by atoms with Crippen molar-refractivity contribution in [1.82, 2.24) is 23.6 Å². The molecule has 3 heterocycles. The van der Waals surface area contributed by atoms with E-state index in [-0.39, 0.29) is 22.7 Å². The van der Waals surface area contributed by atoms with Crippen LogP contribution in [0.4, 0.5) is 4.39 Å². The van der Waals surface area contributed by atoms with Gasteiger partial charge in [0.05, 0.1) is 40.7 Å². The number of nitrogens with one attached hydrogen (secondary N) is 1. The Morgan fingerprint density at radius 1 is 1.26 bits per heavy atom. The minimum Gasteiger partial charge on any atom is -0.381 e. The highest BCUT2D eigenvalue weighted by atomic mass is 32.2. The maximum Gasteiger partial charge on any atom is 0.331 e. The monoisotopic (exact) mass is 491 g/mol. The number of hydrogen-bond donors (Lipinski definition) is 1. The Morgan fingerprint density at radius 3 is 2.68 bits per heavy atom. The zero-order chi connectivity index (χ0) is 24.1. The van der Waals surface area contributed by atoms with Crippen LogP contribution in [-0.2, 0) is 34.9 Å². The third kappa shape index (κ3) is 4.21. The number of rotatable bonds is 8. The van der Waals surface area contributed by atoms with E-state index in [1.54, 1.807) is 24.1 Å². The van der Waals surface area contributed by atoms with Crippen molar-refractivity contribution < 1.29 is 17.5 Å². The molecule has 1 unspecified atom stereocenters. The molecule has 0 spiro atoms. The molecule has 1 N–H and O–H groups in total. The average Bonchev–Trinajstić information content (AvgIpc) is 3.17. The second-order valence-electron chi connectivity index (χ2n) is 9.23. The summed E-state index contributed by atoms with van der Waals surface area (Å²) in [5.41, 5.74) is -1.10. The summed E-state index contributed by atoms with van der Waals surface area (Å²) in [4.78, 5) is 26.7. The summed E-state index contributed by atoms with van der Waals surface area (Å²) in [6.07, 6.45) is 4.93. The van der Waals surface area contributed by atoms with Crippen LogP contribution in [0.25, 0.3) is 10.9 Å². The van der Waals surface area contributed by atoms with Gasteiger partial charge in [-0.3, -0.25) is 18.6 Å². The molecule has 1 atom stereocenters. The largest absolute Gasteiger partial charge is 0.381 e. The van der Waals surface area contributed by atoms with Gasteiger partial charge in [-0.25, -0.2) is 22.3 Å². The molecule has 1 saturated heterocycles. The van der Waals surface area contributed by atoms with Crippen molar-refractivity contribution in [1.29, 1.82) is 0 Å². The molecule has 1 aliphatic carbocycles. The maximum atomic E-state index is 13.4. The number of halogens is 1. The third-order valence-electron chi connectivity index (χ3n) is 6.53. The standard InChI is InChI=1S/C22H26FN5O5S/c1-26-10-16(9-24-26)12-28-20(29)18-8-17(34(31,32)25-22(14-23)5-6-22)2-3-19(18)27(21(28)30)11-15-4-7-33-13-15/h2-3,8-10,15,25H,4-7,11-14H2,1H3. The Morgan fingerprint density at radius 2 is 2.06 bits per heavy atom. The summed E-state index contributed by atoms with van der Waals surface area (Å²) in [5, 5.41) is 4.20. The van der Waals surface area contributed by atoms with Gasteiger partial charge in [-0.15, -0.1) is 0 Å². The zero-order valence-corrected chi connectivity index (χ0v) is 19.6. The topological polar surface area (TPSA) is 117 Å². The number of fused-ring (bicyclic) bond motifs is 1. The fraction of sp³-hybridized carbons (Fsp3) is 0.500. The molecular weight excluding hydrogens is 465 g/mol. The summed E-state index contributed by atoms with van der Waals surface area (Å²) >= 11 is 0. The van der Waals surface area contributed by atoms with Gasteiger partial charge < -0.3 is 4.74 Å². The lowest BCUT2D eigenvalue weighted by molar-refractivity contribution is 0.182. The Bertz CT molecular complexity index is 1470. The lowest BCUT2D eigenvalue weighted by Crippen LogP contribution is -2.41. The summed E-state index contributed by atoms with van der Waals surface area (Å²) in [7, 11) is -2.31. The van der Waals surface area contributed by atoms with Crippen molar-refractivity contribution >= 4 is 20.9 Å². The molecule has 2 aliphatic rings. The van der Waals surface area contributed by atoms with E-state index >= 15 is 0 Å². The second kappa shape index (κ2) is 8.43. The van der Waals surface area contributed by atoms with Gasteiger partial charge in [-0.2, -0.15) is 5.10 Å². The Labute approximate surface area is 195 Å². The van der Waals surface area contributed by atoms with E-state index in [9.17, 15) is 22.4 Å². The lowest BCUT2D eigenvalue weighted by atomic mass is 10.1. The van der Waals surface area contributed by atoms with Crippen LogP contribution < -0.4 is 16.0 Å². The molecule has 2 aromatic heterocycles. The van der Waals surface area contributed by atoms with Crippen molar-refractivity contribution in [2.75, 3.05) is 19.9 Å². The van der Waals surface area contributed by atoms with E-state index in [0.717, 1.165) is 11.0 Å². The van der Waals surface area contributed by atoms with Gasteiger partial charge in [0.1, 0.15) is 6.67 Å². The summed E-state index contributed by atoms with van der Waals surface area (Å²) < 4.78 is 51.2. The van der Waals surface area contributed by atoms with Gasteiger partial charge in [-0.05, 0) is 37.5 Å². The van der Waals surface area contributed by atoms with Crippen molar-refractivity contribution in [3.05, 3.63) is 57.0 Å². The number of aryl methyl sites for hydroxylation is 1. The van der Waals surface area contributed by atoms with Gasteiger partial charge in [-0.1, -0.05) is 0 Å². The number of alkyl halides is 1. The van der Waals surface area contributed by atoms with E-state index in [2.05, 4.69) is 9.82 Å². The SMILES string of the molecule is Cn1cc(Cn2c(=O)c3cc(S(=O)(=O)NC4(CF)CC4)ccc3n(CC3CCOC3)c2=O)cn1. The van der Waals surface area contributed by atoms with Crippen molar-refractivity contribution in [2.24, 2.45) is 13.0 Å². The molecular formula is C22H26FN5O5S. The molecule has 0 amide bonds. The van der Waals surface area contributed by atoms with Crippen LogP contribution in [0.15, 0.2) is 45.1 Å². The number of nitrogens with zero attached hydrogens (tertiary/aromatic N) is 4. The van der Waals surface area contributed by atoms with Crippen LogP contribution in [0, 0.1) is 5.92 Å². The number of sulfonamides is 1. The molecule has 182 valence electrons. The first-order chi connectivity index (χ1) is 16.2. The van der Waals surface area contributed by atoms with E-state index in [0.29, 0.717) is 43.7 Å². The predicted molar refractivity (Wildman–Crippen MR) is 122 cm³/mol. The van der Waals surface area contributed by atoms with Crippen LogP contribution in [0.2, 0.25) is 0 Å². The molecule has 12 heteroatoms. The summed E-state index contributed by atoms with van der Waals surface area (Å²) in [6, 6.07) is 4.10. The molecule has 1 aliphatic heterocycles. The smallest absolute Gasteiger partial charge is 0.331 e. The molecule has 34 heavy (non-hydrogen) atoms. The Kier molecular flexibility index (Phi) is 5.69. The number of hydrogen-bond acceptors (Lipinski definition) is 6. The molecule has 1 aromatic carbocycles. The van der Waals surface area contributed by atoms with E-state index < -0.39 is 33.5 Å². The van der Waals surface area contributed by atoms with Crippen molar-refractivity contribution in [3.63, 3.8) is 0 Å². The van der Waals surface area contributed by atoms with Gasteiger partial charge in [0.25, 0.3) is 5.56 Å². The second-order valence-corrected chi connectivity index (χ2v) is 10.9. The molecule has 1 saturated carbocycles. The Hall–Kier alpha value is -2.83. The number of benzene rings is 1. The van der Waals surface area contributed by atoms with Crippen molar-refractivity contribution in [2.45, 2.75) is 42.8 Å². The average molecular weight is 492 g/mol. The van der Waals surface area contributed by atoms with Crippen molar-refractivity contribution in [3.8, 4) is 0 Å². The van der Waals surface area contributed by atoms with E-state index in [1.165, 1.54) is 22.8 Å². The third-order valence-corrected chi connectivity index (χ3v) is 8.11. The molecule has 0 bridgehead atoms. The van der Waals surface area contributed by atoms with Crippen LogP contribution in [0.3, 0.4) is 0 Å². The first kappa shape index (κ1) is 22.9. The quantitative estimate of drug-likeness (QED) is 0.497. The van der Waals surface area contributed by atoms with Crippen LogP contribution >= 0.6 is 0 Å². The summed E-state index contributed by atoms with van der Waals surface area (Å²) in [6.45, 7) is 0.677. The highest BCUT2D eigenvalue weighted by Crippen LogP contribution is 2.37. The maximum absolute atomic E-state index is 13.4.